The fourth-order valence-electron chi connectivity index (χ4n) is 2.77. The Morgan fingerprint density at radius 1 is 1.32 bits per heavy atom. The topological polar surface area (TPSA) is 87.7 Å². The molecule has 1 heterocycles. The van der Waals surface area contributed by atoms with Crippen LogP contribution in [0.3, 0.4) is 0 Å². The highest BCUT2D eigenvalue weighted by molar-refractivity contribution is 5.74. The van der Waals surface area contributed by atoms with Gasteiger partial charge >= 0.3 is 12.0 Å². The Morgan fingerprint density at radius 2 is 2.11 bits per heavy atom. The van der Waals surface area contributed by atoms with Gasteiger partial charge in [0.15, 0.2) is 0 Å². The lowest BCUT2D eigenvalue weighted by Gasteiger charge is -2.41. The highest BCUT2D eigenvalue weighted by Crippen LogP contribution is 2.43. The smallest absolute Gasteiger partial charge is 0.315 e. The molecule has 19 heavy (non-hydrogen) atoms. The lowest BCUT2D eigenvalue weighted by Crippen LogP contribution is -2.50. The maximum absolute atomic E-state index is 11.8. The summed E-state index contributed by atoms with van der Waals surface area (Å²) in [6.07, 6.45) is 4.85. The lowest BCUT2D eigenvalue weighted by atomic mass is 9.66. The van der Waals surface area contributed by atoms with Crippen LogP contribution in [0.1, 0.15) is 38.5 Å². The molecule has 1 saturated heterocycles. The number of aliphatic carboxylic acids is 1. The van der Waals surface area contributed by atoms with Crippen LogP contribution < -0.4 is 10.6 Å². The number of carboxylic acids is 1. The summed E-state index contributed by atoms with van der Waals surface area (Å²) >= 11 is 0. The van der Waals surface area contributed by atoms with Crippen LogP contribution in [-0.4, -0.2) is 42.9 Å². The van der Waals surface area contributed by atoms with Crippen LogP contribution in [0.4, 0.5) is 4.79 Å². The molecule has 0 aromatic heterocycles. The van der Waals surface area contributed by atoms with Gasteiger partial charge < -0.3 is 20.5 Å². The Bertz CT molecular complexity index is 336. The second kappa shape index (κ2) is 6.23. The largest absolute Gasteiger partial charge is 0.481 e. The van der Waals surface area contributed by atoms with Crippen LogP contribution in [0.15, 0.2) is 0 Å². The minimum atomic E-state index is -0.789. The average molecular weight is 270 g/mol. The molecule has 1 aliphatic carbocycles. The zero-order valence-corrected chi connectivity index (χ0v) is 11.1. The first-order valence-corrected chi connectivity index (χ1v) is 6.94. The fraction of sp³-hybridized carbons (Fsp3) is 0.846. The number of urea groups is 1. The monoisotopic (exact) mass is 270 g/mol. The van der Waals surface area contributed by atoms with Crippen LogP contribution in [0.2, 0.25) is 0 Å². The van der Waals surface area contributed by atoms with Gasteiger partial charge in [-0.05, 0) is 31.1 Å². The Labute approximate surface area is 112 Å². The Balaban J connectivity index is 1.71. The third-order valence-electron chi connectivity index (χ3n) is 4.06. The summed E-state index contributed by atoms with van der Waals surface area (Å²) in [5.74, 6) is -0.789. The van der Waals surface area contributed by atoms with Gasteiger partial charge in [0.1, 0.15) is 0 Å². The Morgan fingerprint density at radius 3 is 2.63 bits per heavy atom. The van der Waals surface area contributed by atoms with Crippen LogP contribution in [-0.2, 0) is 9.53 Å². The number of carboxylic acid groups (broad SMARTS) is 1. The molecular weight excluding hydrogens is 248 g/mol. The van der Waals surface area contributed by atoms with Gasteiger partial charge in [-0.1, -0.05) is 6.42 Å². The first-order chi connectivity index (χ1) is 9.10. The highest BCUT2D eigenvalue weighted by atomic mass is 16.5. The molecule has 2 aliphatic rings. The van der Waals surface area contributed by atoms with Gasteiger partial charge in [-0.25, -0.2) is 4.79 Å². The third-order valence-corrected chi connectivity index (χ3v) is 4.06. The van der Waals surface area contributed by atoms with E-state index in [-0.39, 0.29) is 23.9 Å². The molecule has 0 radical (unpaired) electrons. The van der Waals surface area contributed by atoms with Crippen LogP contribution in [0.25, 0.3) is 0 Å². The Hall–Kier alpha value is -1.30. The van der Waals surface area contributed by atoms with Crippen LogP contribution in [0, 0.1) is 5.41 Å². The number of amides is 2. The van der Waals surface area contributed by atoms with Crippen molar-refractivity contribution in [3.8, 4) is 0 Å². The summed E-state index contributed by atoms with van der Waals surface area (Å²) < 4.78 is 5.29. The SMILES string of the molecule is O=C(O)CC1(CNC(=O)NC2CCCOC2)CCC1. The van der Waals surface area contributed by atoms with Crippen molar-refractivity contribution >= 4 is 12.0 Å². The van der Waals surface area contributed by atoms with E-state index in [4.69, 9.17) is 9.84 Å². The molecule has 108 valence electrons. The molecule has 2 fully saturated rings. The number of carbonyl (C=O) groups excluding carboxylic acids is 1. The molecule has 0 aromatic rings. The van der Waals surface area contributed by atoms with Crippen LogP contribution >= 0.6 is 0 Å². The van der Waals surface area contributed by atoms with Crippen molar-refractivity contribution < 1.29 is 19.4 Å². The van der Waals surface area contributed by atoms with Gasteiger partial charge in [0.05, 0.1) is 19.1 Å². The van der Waals surface area contributed by atoms with E-state index in [0.29, 0.717) is 13.2 Å². The summed E-state index contributed by atoms with van der Waals surface area (Å²) in [5, 5.41) is 14.6. The quantitative estimate of drug-likeness (QED) is 0.698. The second-order valence-electron chi connectivity index (χ2n) is 5.67. The van der Waals surface area contributed by atoms with Gasteiger partial charge in [0.2, 0.25) is 0 Å². The van der Waals surface area contributed by atoms with Gasteiger partial charge in [-0.2, -0.15) is 0 Å². The number of hydrogen-bond donors (Lipinski definition) is 3. The van der Waals surface area contributed by atoms with E-state index in [1.807, 2.05) is 0 Å². The predicted octanol–water partition coefficient (Wildman–Crippen LogP) is 1.11. The van der Waals surface area contributed by atoms with Gasteiger partial charge in [-0.15, -0.1) is 0 Å². The molecule has 0 spiro atoms. The molecule has 0 aromatic carbocycles. The van der Waals surface area contributed by atoms with E-state index in [9.17, 15) is 9.59 Å². The van der Waals surface area contributed by atoms with Gasteiger partial charge in [0, 0.05) is 13.2 Å². The van der Waals surface area contributed by atoms with E-state index < -0.39 is 5.97 Å². The van der Waals surface area contributed by atoms with E-state index in [1.54, 1.807) is 0 Å². The van der Waals surface area contributed by atoms with Crippen molar-refractivity contribution in [2.24, 2.45) is 5.41 Å². The maximum Gasteiger partial charge on any atom is 0.315 e. The first kappa shape index (κ1) is 14.1. The third kappa shape index (κ3) is 4.09. The lowest BCUT2D eigenvalue weighted by molar-refractivity contribution is -0.141. The molecule has 6 nitrogen and oxygen atoms in total. The van der Waals surface area contributed by atoms with Crippen molar-refractivity contribution in [3.05, 3.63) is 0 Å². The summed E-state index contributed by atoms with van der Waals surface area (Å²) in [6.45, 7) is 1.77. The molecule has 1 atom stereocenters. The number of carbonyl (C=O) groups is 2. The summed E-state index contributed by atoms with van der Waals surface area (Å²) in [5.41, 5.74) is -0.230. The van der Waals surface area contributed by atoms with E-state index in [2.05, 4.69) is 10.6 Å². The number of nitrogens with one attached hydrogen (secondary N) is 2. The summed E-state index contributed by atoms with van der Waals surface area (Å²) in [7, 11) is 0. The normalized spacial score (nSPS) is 25.2. The minimum absolute atomic E-state index is 0.0746. The molecule has 6 heteroatoms. The van der Waals surface area contributed by atoms with Crippen molar-refractivity contribution in [2.45, 2.75) is 44.6 Å². The number of hydrogen-bond acceptors (Lipinski definition) is 3. The standard InChI is InChI=1S/C13H22N2O4/c16-11(17)7-13(4-2-5-13)9-14-12(18)15-10-3-1-6-19-8-10/h10H,1-9H2,(H,16,17)(H2,14,15,18). The van der Waals surface area contributed by atoms with E-state index in [1.165, 1.54) is 0 Å². The van der Waals surface area contributed by atoms with Crippen LogP contribution in [0.5, 0.6) is 0 Å². The van der Waals surface area contributed by atoms with Crippen molar-refractivity contribution in [3.63, 3.8) is 0 Å². The molecule has 0 bridgehead atoms. The number of ether oxygens (including phenoxy) is 1. The van der Waals surface area contributed by atoms with E-state index >= 15 is 0 Å². The molecule has 3 N–H and O–H groups in total. The minimum Gasteiger partial charge on any atom is -0.481 e. The van der Waals surface area contributed by atoms with Crippen molar-refractivity contribution in [2.75, 3.05) is 19.8 Å². The molecular formula is C13H22N2O4. The predicted molar refractivity (Wildman–Crippen MR) is 68.9 cm³/mol. The highest BCUT2D eigenvalue weighted by Gasteiger charge is 2.39. The molecule has 1 aliphatic heterocycles. The zero-order chi connectivity index (χ0) is 13.7. The van der Waals surface area contributed by atoms with E-state index in [0.717, 1.165) is 38.7 Å². The summed E-state index contributed by atoms with van der Waals surface area (Å²) in [4.78, 5) is 22.6. The number of rotatable bonds is 5. The van der Waals surface area contributed by atoms with Gasteiger partial charge in [-0.3, -0.25) is 4.79 Å². The van der Waals surface area contributed by atoms with Crippen molar-refractivity contribution in [1.29, 1.82) is 0 Å². The molecule has 1 saturated carbocycles. The van der Waals surface area contributed by atoms with Gasteiger partial charge in [0.25, 0.3) is 0 Å². The zero-order valence-electron chi connectivity index (χ0n) is 11.1. The Kier molecular flexibility index (Phi) is 4.63. The first-order valence-electron chi connectivity index (χ1n) is 6.94. The van der Waals surface area contributed by atoms with Crippen molar-refractivity contribution in [1.82, 2.24) is 10.6 Å². The second-order valence-corrected chi connectivity index (χ2v) is 5.67. The molecule has 2 amide bonds. The fourth-order valence-corrected chi connectivity index (χ4v) is 2.77. The molecule has 1 unspecified atom stereocenters. The average Bonchev–Trinajstić information content (AvgIpc) is 2.33. The maximum atomic E-state index is 11.8. The summed E-state index contributed by atoms with van der Waals surface area (Å²) in [6, 6.07) is -0.141. The molecule has 2 rings (SSSR count).